The quantitative estimate of drug-likeness (QED) is 0.540. The first-order valence-corrected chi connectivity index (χ1v) is 10.8. The molecule has 3 aromatic rings. The second-order valence-electron chi connectivity index (χ2n) is 7.69. The highest BCUT2D eigenvalue weighted by Gasteiger charge is 2.35. The van der Waals surface area contributed by atoms with Crippen LogP contribution in [-0.2, 0) is 17.9 Å². The Hall–Kier alpha value is -3.67. The van der Waals surface area contributed by atoms with Gasteiger partial charge in [-0.1, -0.05) is 23.7 Å². The van der Waals surface area contributed by atoms with Crippen molar-refractivity contribution in [1.82, 2.24) is 19.8 Å². The van der Waals surface area contributed by atoms with Crippen LogP contribution in [0.5, 0.6) is 5.75 Å². The third kappa shape index (κ3) is 4.90. The van der Waals surface area contributed by atoms with Gasteiger partial charge in [-0.25, -0.2) is 4.98 Å². The summed E-state index contributed by atoms with van der Waals surface area (Å²) in [5, 5.41) is 12.9. The molecule has 1 N–H and O–H groups in total. The molecule has 8 nitrogen and oxygen atoms in total. The van der Waals surface area contributed by atoms with E-state index in [9.17, 15) is 9.59 Å². The molecule has 1 atom stereocenters. The van der Waals surface area contributed by atoms with Gasteiger partial charge in [0, 0.05) is 36.4 Å². The molecule has 0 bridgehead atoms. The summed E-state index contributed by atoms with van der Waals surface area (Å²) in [6.45, 7) is 1.31. The monoisotopic (exact) mass is 463 g/mol. The van der Waals surface area contributed by atoms with Gasteiger partial charge in [0.05, 0.1) is 30.7 Å². The van der Waals surface area contributed by atoms with Gasteiger partial charge in [0.15, 0.2) is 0 Å². The van der Waals surface area contributed by atoms with E-state index in [-0.39, 0.29) is 11.8 Å². The Labute approximate surface area is 196 Å². The Balaban J connectivity index is 1.39. The number of rotatable bonds is 7. The molecular formula is C24H22ClN5O3. The average Bonchev–Trinajstić information content (AvgIpc) is 3.42. The first-order valence-electron chi connectivity index (χ1n) is 10.4. The summed E-state index contributed by atoms with van der Waals surface area (Å²) < 4.78 is 7.24. The third-order valence-corrected chi connectivity index (χ3v) is 5.82. The van der Waals surface area contributed by atoms with Crippen LogP contribution >= 0.6 is 11.6 Å². The van der Waals surface area contributed by atoms with E-state index in [2.05, 4.69) is 16.4 Å². The number of amides is 2. The van der Waals surface area contributed by atoms with Gasteiger partial charge in [0.2, 0.25) is 5.91 Å². The number of methoxy groups -OCH3 is 1. The number of ether oxygens (including phenoxy) is 1. The fourth-order valence-electron chi connectivity index (χ4n) is 3.84. The van der Waals surface area contributed by atoms with Gasteiger partial charge in [-0.3, -0.25) is 14.5 Å². The van der Waals surface area contributed by atoms with Gasteiger partial charge in [-0.2, -0.15) is 5.26 Å². The van der Waals surface area contributed by atoms with Crippen molar-refractivity contribution in [3.05, 3.63) is 82.4 Å². The molecule has 0 radical (unpaired) electrons. The number of aromatic nitrogens is 2. The highest BCUT2D eigenvalue weighted by molar-refractivity contribution is 6.31. The number of benzene rings is 2. The summed E-state index contributed by atoms with van der Waals surface area (Å²) in [7, 11) is 1.53. The molecule has 1 aliphatic heterocycles. The molecule has 1 aliphatic rings. The summed E-state index contributed by atoms with van der Waals surface area (Å²) in [5.74, 6) is -0.0646. The van der Waals surface area contributed by atoms with E-state index in [1.807, 2.05) is 16.7 Å². The number of halogens is 1. The van der Waals surface area contributed by atoms with Crippen molar-refractivity contribution < 1.29 is 14.3 Å². The van der Waals surface area contributed by atoms with E-state index in [0.29, 0.717) is 48.0 Å². The minimum Gasteiger partial charge on any atom is -0.495 e. The van der Waals surface area contributed by atoms with Crippen LogP contribution in [0.3, 0.4) is 0 Å². The molecule has 0 saturated carbocycles. The zero-order valence-corrected chi connectivity index (χ0v) is 18.7. The lowest BCUT2D eigenvalue weighted by molar-refractivity contribution is -0.127. The van der Waals surface area contributed by atoms with Crippen LogP contribution in [0.4, 0.5) is 0 Å². The van der Waals surface area contributed by atoms with Crippen molar-refractivity contribution in [2.45, 2.75) is 25.6 Å². The van der Waals surface area contributed by atoms with E-state index in [1.54, 1.807) is 42.9 Å². The molecule has 2 amide bonds. The van der Waals surface area contributed by atoms with E-state index in [1.165, 1.54) is 12.0 Å². The fraction of sp³-hybridized carbons (Fsp3) is 0.250. The minimum atomic E-state index is -0.452. The zero-order valence-electron chi connectivity index (χ0n) is 18.0. The highest BCUT2D eigenvalue weighted by Crippen LogP contribution is 2.21. The van der Waals surface area contributed by atoms with Gasteiger partial charge < -0.3 is 14.6 Å². The summed E-state index contributed by atoms with van der Waals surface area (Å²) in [6, 6.07) is 13.7. The molecule has 33 heavy (non-hydrogen) atoms. The minimum absolute atomic E-state index is 0.247. The van der Waals surface area contributed by atoms with E-state index < -0.39 is 6.04 Å². The smallest absolute Gasteiger partial charge is 0.260 e. The molecule has 168 valence electrons. The number of carbonyl (C=O) groups is 2. The van der Waals surface area contributed by atoms with Crippen LogP contribution < -0.4 is 10.1 Å². The number of imidazole rings is 1. The molecular weight excluding hydrogens is 442 g/mol. The molecule has 2 heterocycles. The topological polar surface area (TPSA) is 100 Å². The van der Waals surface area contributed by atoms with Crippen molar-refractivity contribution in [2.24, 2.45) is 0 Å². The van der Waals surface area contributed by atoms with Crippen molar-refractivity contribution in [2.75, 3.05) is 13.7 Å². The number of imide groups is 1. The van der Waals surface area contributed by atoms with Gasteiger partial charge in [-0.15, -0.1) is 0 Å². The van der Waals surface area contributed by atoms with Crippen molar-refractivity contribution in [1.29, 1.82) is 5.26 Å². The largest absolute Gasteiger partial charge is 0.495 e. The number of nitrogens with zero attached hydrogens (tertiary/aromatic N) is 4. The molecule has 1 saturated heterocycles. The highest BCUT2D eigenvalue weighted by atomic mass is 35.5. The Morgan fingerprint density at radius 1 is 1.33 bits per heavy atom. The number of hydrogen-bond donors (Lipinski definition) is 1. The van der Waals surface area contributed by atoms with Crippen LogP contribution in [0.1, 0.15) is 33.6 Å². The Morgan fingerprint density at radius 3 is 2.94 bits per heavy atom. The molecule has 9 heteroatoms. The summed E-state index contributed by atoms with van der Waals surface area (Å²) in [6.07, 6.45) is 3.99. The van der Waals surface area contributed by atoms with E-state index in [4.69, 9.17) is 21.6 Å². The Bertz CT molecular complexity index is 1230. The van der Waals surface area contributed by atoms with Crippen LogP contribution in [0.25, 0.3) is 0 Å². The number of carbonyl (C=O) groups excluding carboxylic acids is 2. The Morgan fingerprint density at radius 2 is 2.18 bits per heavy atom. The Kier molecular flexibility index (Phi) is 6.73. The van der Waals surface area contributed by atoms with Crippen LogP contribution in [0.15, 0.2) is 55.0 Å². The van der Waals surface area contributed by atoms with Gasteiger partial charge in [-0.05, 0) is 42.3 Å². The summed E-state index contributed by atoms with van der Waals surface area (Å²) in [5.41, 5.74) is 2.73. The summed E-state index contributed by atoms with van der Waals surface area (Å²) >= 11 is 5.97. The summed E-state index contributed by atoms with van der Waals surface area (Å²) in [4.78, 5) is 31.0. The predicted molar refractivity (Wildman–Crippen MR) is 122 cm³/mol. The second-order valence-corrected chi connectivity index (χ2v) is 8.12. The maximum Gasteiger partial charge on any atom is 0.260 e. The standard InChI is InChI=1S/C24H22ClN5O3/c1-33-22-9-16(5-6-18(22)11-26)14-29-15-27-12-20(29)13-28-21-7-8-30(24(21)32)23(31)17-3-2-4-19(25)10-17/h2-6,9-10,12,15,21,28H,7-8,13-14H2,1H3/t21-/m0/s1. The average molecular weight is 464 g/mol. The predicted octanol–water partition coefficient (Wildman–Crippen LogP) is 3.00. The normalized spacial score (nSPS) is 15.5. The van der Waals surface area contributed by atoms with Crippen LogP contribution in [-0.4, -0.2) is 46.0 Å². The van der Waals surface area contributed by atoms with E-state index in [0.717, 1.165) is 11.3 Å². The van der Waals surface area contributed by atoms with Crippen molar-refractivity contribution >= 4 is 23.4 Å². The van der Waals surface area contributed by atoms with Crippen molar-refractivity contribution in [3.63, 3.8) is 0 Å². The molecule has 0 spiro atoms. The fourth-order valence-corrected chi connectivity index (χ4v) is 4.03. The lowest BCUT2D eigenvalue weighted by atomic mass is 10.1. The van der Waals surface area contributed by atoms with Crippen LogP contribution in [0.2, 0.25) is 5.02 Å². The lowest BCUT2D eigenvalue weighted by Gasteiger charge is -2.16. The van der Waals surface area contributed by atoms with Gasteiger partial charge in [0.25, 0.3) is 5.91 Å². The number of nitriles is 1. The number of likely N-dealkylation sites (tertiary alicyclic amines) is 1. The first kappa shape index (κ1) is 22.5. The van der Waals surface area contributed by atoms with Gasteiger partial charge >= 0.3 is 0 Å². The molecule has 0 unspecified atom stereocenters. The maximum absolute atomic E-state index is 12.8. The number of nitrogens with one attached hydrogen (secondary N) is 1. The van der Waals surface area contributed by atoms with Crippen molar-refractivity contribution in [3.8, 4) is 11.8 Å². The van der Waals surface area contributed by atoms with E-state index >= 15 is 0 Å². The molecule has 1 fully saturated rings. The van der Waals surface area contributed by atoms with Gasteiger partial charge in [0.1, 0.15) is 11.8 Å². The zero-order chi connectivity index (χ0) is 23.4. The third-order valence-electron chi connectivity index (χ3n) is 5.59. The molecule has 1 aromatic heterocycles. The first-order chi connectivity index (χ1) is 16.0. The maximum atomic E-state index is 12.8. The SMILES string of the molecule is COc1cc(Cn2cncc2CN[C@H]2CCN(C(=O)c3cccc(Cl)c3)C2=O)ccc1C#N. The number of hydrogen-bond acceptors (Lipinski definition) is 6. The lowest BCUT2D eigenvalue weighted by Crippen LogP contribution is -2.40. The second kappa shape index (κ2) is 9.86. The van der Waals surface area contributed by atoms with Crippen LogP contribution in [0, 0.1) is 11.3 Å². The molecule has 4 rings (SSSR count). The molecule has 0 aliphatic carbocycles. The molecule has 2 aromatic carbocycles.